The van der Waals surface area contributed by atoms with Crippen LogP contribution in [0.5, 0.6) is 0 Å². The van der Waals surface area contributed by atoms with E-state index >= 15 is 0 Å². The Hall–Kier alpha value is -3.10. The number of hydrogen-bond donors (Lipinski definition) is 3. The molecule has 1 fully saturated rings. The third kappa shape index (κ3) is 4.81. The maximum absolute atomic E-state index is 12.7. The van der Waals surface area contributed by atoms with Gasteiger partial charge in [-0.1, -0.05) is 29.8 Å². The molecule has 1 aliphatic rings. The van der Waals surface area contributed by atoms with Crippen LogP contribution in [0.25, 0.3) is 11.0 Å². The Kier molecular flexibility index (Phi) is 6.11. The molecule has 3 N–H and O–H groups in total. The largest absolute Gasteiger partial charge is 0.340 e. The van der Waals surface area contributed by atoms with Gasteiger partial charge in [-0.2, -0.15) is 0 Å². The van der Waals surface area contributed by atoms with Crippen molar-refractivity contribution in [3.05, 3.63) is 63.5 Å². The normalized spacial score (nSPS) is 15.7. The molecule has 0 spiro atoms. The average molecular weight is 442 g/mol. The second-order valence-corrected chi connectivity index (χ2v) is 8.10. The lowest BCUT2D eigenvalue weighted by Gasteiger charge is -2.37. The SMILES string of the molecule is CC(C(=O)Nc1ccc2[nH]c(=O)[nH]c2c1)N1CCN(C(=O)Cc2ccccc2Cl)CC1. The van der Waals surface area contributed by atoms with E-state index in [2.05, 4.69) is 20.2 Å². The second kappa shape index (κ2) is 8.95. The minimum absolute atomic E-state index is 0.0404. The minimum Gasteiger partial charge on any atom is -0.340 e. The molecule has 8 nitrogen and oxygen atoms in total. The Morgan fingerprint density at radius 2 is 1.77 bits per heavy atom. The van der Waals surface area contributed by atoms with E-state index in [0.29, 0.717) is 47.9 Å². The van der Waals surface area contributed by atoms with Crippen LogP contribution >= 0.6 is 11.6 Å². The van der Waals surface area contributed by atoms with Gasteiger partial charge in [0.2, 0.25) is 11.8 Å². The summed E-state index contributed by atoms with van der Waals surface area (Å²) in [5.41, 5.74) is 2.49. The van der Waals surface area contributed by atoms with Crippen LogP contribution in [0.15, 0.2) is 47.3 Å². The summed E-state index contributed by atoms with van der Waals surface area (Å²) < 4.78 is 0. The molecular formula is C22H24ClN5O3. The lowest BCUT2D eigenvalue weighted by molar-refractivity contribution is -0.133. The van der Waals surface area contributed by atoms with Crippen LogP contribution in [-0.4, -0.2) is 63.8 Å². The van der Waals surface area contributed by atoms with Crippen molar-refractivity contribution in [1.29, 1.82) is 0 Å². The number of aromatic amines is 2. The van der Waals surface area contributed by atoms with Crippen LogP contribution in [0.2, 0.25) is 5.02 Å². The van der Waals surface area contributed by atoms with E-state index in [1.54, 1.807) is 24.3 Å². The van der Waals surface area contributed by atoms with E-state index in [9.17, 15) is 14.4 Å². The summed E-state index contributed by atoms with van der Waals surface area (Å²) in [7, 11) is 0. The maximum atomic E-state index is 12.7. The average Bonchev–Trinajstić information content (AvgIpc) is 3.14. The van der Waals surface area contributed by atoms with E-state index in [1.807, 2.05) is 30.0 Å². The highest BCUT2D eigenvalue weighted by Crippen LogP contribution is 2.18. The number of nitrogens with zero attached hydrogens (tertiary/aromatic N) is 2. The van der Waals surface area contributed by atoms with E-state index in [-0.39, 0.29) is 30.0 Å². The van der Waals surface area contributed by atoms with Crippen molar-refractivity contribution in [2.24, 2.45) is 0 Å². The van der Waals surface area contributed by atoms with Crippen molar-refractivity contribution in [1.82, 2.24) is 19.8 Å². The van der Waals surface area contributed by atoms with Gasteiger partial charge >= 0.3 is 5.69 Å². The summed E-state index contributed by atoms with van der Waals surface area (Å²) in [6, 6.07) is 12.2. The van der Waals surface area contributed by atoms with Gasteiger partial charge in [-0.15, -0.1) is 0 Å². The van der Waals surface area contributed by atoms with Crippen LogP contribution in [0, 0.1) is 0 Å². The van der Waals surface area contributed by atoms with Crippen molar-refractivity contribution < 1.29 is 9.59 Å². The summed E-state index contributed by atoms with van der Waals surface area (Å²) in [5.74, 6) is -0.0910. The molecule has 4 rings (SSSR count). The standard InChI is InChI=1S/C22H24ClN5O3/c1-14(21(30)24-16-6-7-18-19(13-16)26-22(31)25-18)27-8-10-28(11-9-27)20(29)12-15-4-2-3-5-17(15)23/h2-7,13-14H,8-12H2,1H3,(H,24,30)(H2,25,26,31). The highest BCUT2D eigenvalue weighted by atomic mass is 35.5. The molecule has 2 amide bonds. The van der Waals surface area contributed by atoms with Crippen molar-refractivity contribution in [2.45, 2.75) is 19.4 Å². The van der Waals surface area contributed by atoms with Crippen LogP contribution in [0.3, 0.4) is 0 Å². The molecule has 1 unspecified atom stereocenters. The third-order valence-corrected chi connectivity index (χ3v) is 6.05. The van der Waals surface area contributed by atoms with Gasteiger partial charge in [0.25, 0.3) is 0 Å². The smallest absolute Gasteiger partial charge is 0.323 e. The first-order chi connectivity index (χ1) is 14.9. The number of fused-ring (bicyclic) bond motifs is 1. The Labute approximate surface area is 184 Å². The first-order valence-corrected chi connectivity index (χ1v) is 10.6. The quantitative estimate of drug-likeness (QED) is 0.565. The highest BCUT2D eigenvalue weighted by molar-refractivity contribution is 6.31. The molecule has 1 aliphatic heterocycles. The highest BCUT2D eigenvalue weighted by Gasteiger charge is 2.27. The van der Waals surface area contributed by atoms with Crippen LogP contribution in [-0.2, 0) is 16.0 Å². The van der Waals surface area contributed by atoms with Crippen molar-refractivity contribution >= 4 is 40.1 Å². The van der Waals surface area contributed by atoms with Crippen molar-refractivity contribution in [3.8, 4) is 0 Å². The van der Waals surface area contributed by atoms with Gasteiger partial charge in [-0.05, 0) is 36.8 Å². The third-order valence-electron chi connectivity index (χ3n) is 5.68. The van der Waals surface area contributed by atoms with Crippen LogP contribution in [0.1, 0.15) is 12.5 Å². The van der Waals surface area contributed by atoms with Gasteiger partial charge in [0, 0.05) is 36.9 Å². The van der Waals surface area contributed by atoms with Crippen LogP contribution in [0.4, 0.5) is 5.69 Å². The molecule has 1 aromatic heterocycles. The lowest BCUT2D eigenvalue weighted by atomic mass is 10.1. The van der Waals surface area contributed by atoms with Gasteiger partial charge in [0.15, 0.2) is 0 Å². The Morgan fingerprint density at radius 1 is 1.06 bits per heavy atom. The fraction of sp³-hybridized carbons (Fsp3) is 0.318. The Bertz CT molecular complexity index is 1160. The van der Waals surface area contributed by atoms with E-state index in [0.717, 1.165) is 5.56 Å². The number of carbonyl (C=O) groups is 2. The number of anilines is 1. The van der Waals surface area contributed by atoms with Crippen molar-refractivity contribution in [2.75, 3.05) is 31.5 Å². The first-order valence-electron chi connectivity index (χ1n) is 10.2. The molecule has 0 saturated carbocycles. The monoisotopic (exact) mass is 441 g/mol. The second-order valence-electron chi connectivity index (χ2n) is 7.69. The fourth-order valence-corrected chi connectivity index (χ4v) is 4.00. The predicted molar refractivity (Wildman–Crippen MR) is 120 cm³/mol. The zero-order valence-corrected chi connectivity index (χ0v) is 17.9. The summed E-state index contributed by atoms with van der Waals surface area (Å²) in [5, 5.41) is 3.50. The van der Waals surface area contributed by atoms with Gasteiger partial charge in [0.05, 0.1) is 23.5 Å². The van der Waals surface area contributed by atoms with Gasteiger partial charge in [-0.25, -0.2) is 4.79 Å². The van der Waals surface area contributed by atoms with Gasteiger partial charge in [0.1, 0.15) is 0 Å². The molecule has 2 heterocycles. The van der Waals surface area contributed by atoms with Gasteiger partial charge < -0.3 is 20.2 Å². The summed E-state index contributed by atoms with van der Waals surface area (Å²) >= 11 is 6.16. The molecule has 2 aromatic carbocycles. The molecule has 3 aromatic rings. The summed E-state index contributed by atoms with van der Waals surface area (Å²) in [4.78, 5) is 46.0. The number of hydrogen-bond acceptors (Lipinski definition) is 4. The number of carbonyl (C=O) groups excluding carboxylic acids is 2. The fourth-order valence-electron chi connectivity index (χ4n) is 3.80. The van der Waals surface area contributed by atoms with Gasteiger partial charge in [-0.3, -0.25) is 14.5 Å². The molecule has 1 saturated heterocycles. The number of imidazole rings is 1. The molecule has 31 heavy (non-hydrogen) atoms. The molecular weight excluding hydrogens is 418 g/mol. The van der Waals surface area contributed by atoms with E-state index in [1.165, 1.54) is 0 Å². The molecule has 0 aliphatic carbocycles. The molecule has 0 radical (unpaired) electrons. The number of amides is 2. The number of halogens is 1. The topological polar surface area (TPSA) is 101 Å². The van der Waals surface area contributed by atoms with Crippen molar-refractivity contribution in [3.63, 3.8) is 0 Å². The number of piperazine rings is 1. The number of rotatable bonds is 5. The molecule has 162 valence electrons. The number of H-pyrrole nitrogens is 2. The Morgan fingerprint density at radius 3 is 2.52 bits per heavy atom. The molecule has 1 atom stereocenters. The number of nitrogens with one attached hydrogen (secondary N) is 3. The lowest BCUT2D eigenvalue weighted by Crippen LogP contribution is -2.54. The predicted octanol–water partition coefficient (Wildman–Crippen LogP) is 2.22. The summed E-state index contributed by atoms with van der Waals surface area (Å²) in [6.07, 6.45) is 0.277. The Balaban J connectivity index is 1.31. The zero-order valence-electron chi connectivity index (χ0n) is 17.2. The first kappa shape index (κ1) is 21.1. The summed E-state index contributed by atoms with van der Waals surface area (Å²) in [6.45, 7) is 4.22. The van der Waals surface area contributed by atoms with E-state index < -0.39 is 0 Å². The van der Waals surface area contributed by atoms with Crippen LogP contribution < -0.4 is 11.0 Å². The zero-order chi connectivity index (χ0) is 22.0. The van der Waals surface area contributed by atoms with E-state index in [4.69, 9.17) is 11.6 Å². The maximum Gasteiger partial charge on any atom is 0.323 e. The molecule has 0 bridgehead atoms. The number of benzene rings is 2. The number of aromatic nitrogens is 2. The minimum atomic E-state index is -0.346. The molecule has 9 heteroatoms.